The van der Waals surface area contributed by atoms with Crippen LogP contribution in [0.3, 0.4) is 0 Å². The van der Waals surface area contributed by atoms with Gasteiger partial charge in [-0.2, -0.15) is 0 Å². The summed E-state index contributed by atoms with van der Waals surface area (Å²) < 4.78 is 16.1. The van der Waals surface area contributed by atoms with E-state index in [1.807, 2.05) is 33.8 Å². The van der Waals surface area contributed by atoms with Gasteiger partial charge in [-0.15, -0.1) is 0 Å². The summed E-state index contributed by atoms with van der Waals surface area (Å²) >= 11 is 0. The van der Waals surface area contributed by atoms with Crippen LogP contribution in [-0.4, -0.2) is 40.9 Å². The van der Waals surface area contributed by atoms with Gasteiger partial charge in [0.25, 0.3) is 5.91 Å². The number of carbonyl (C=O) groups is 2. The van der Waals surface area contributed by atoms with Crippen LogP contribution in [0.25, 0.3) is 11.1 Å². The molecular formula is C25H36N4O5. The van der Waals surface area contributed by atoms with E-state index in [1.165, 1.54) is 0 Å². The minimum absolute atomic E-state index is 0.0301. The largest absolute Gasteiger partial charge is 0.436 e. The molecule has 1 aliphatic carbocycles. The van der Waals surface area contributed by atoms with Gasteiger partial charge in [0.15, 0.2) is 6.10 Å². The quantitative estimate of drug-likeness (QED) is 0.592. The van der Waals surface area contributed by atoms with Gasteiger partial charge in [-0.25, -0.2) is 9.78 Å². The third kappa shape index (κ3) is 6.79. The van der Waals surface area contributed by atoms with Crippen LogP contribution in [0.5, 0.6) is 0 Å². The number of alkyl carbamates (subject to hydrolysis) is 1. The Bertz CT molecular complexity index is 972. The number of nitrogens with one attached hydrogen (secondary N) is 2. The molecule has 1 fully saturated rings. The molecule has 186 valence electrons. The lowest BCUT2D eigenvalue weighted by atomic mass is 9.80. The highest BCUT2D eigenvalue weighted by atomic mass is 16.6. The Balaban J connectivity index is 1.74. The zero-order chi connectivity index (χ0) is 24.9. The van der Waals surface area contributed by atoms with Crippen molar-refractivity contribution in [3.63, 3.8) is 0 Å². The lowest BCUT2D eigenvalue weighted by molar-refractivity contribution is -0.128. The van der Waals surface area contributed by atoms with Crippen LogP contribution in [0.15, 0.2) is 22.9 Å². The SMILES string of the molecule is COCc1noc(C)c1-c1ccc(NC(=O)C(OC(=O)NC(C)(C)C)C2CCC(C)CC2)nc1. The van der Waals surface area contributed by atoms with Crippen LogP contribution in [-0.2, 0) is 20.9 Å². The van der Waals surface area contributed by atoms with Gasteiger partial charge in [-0.05, 0) is 58.6 Å². The molecule has 9 nitrogen and oxygen atoms in total. The zero-order valence-corrected chi connectivity index (χ0v) is 20.9. The number of hydrogen-bond donors (Lipinski definition) is 2. The Morgan fingerprint density at radius 2 is 1.91 bits per heavy atom. The van der Waals surface area contributed by atoms with E-state index in [0.717, 1.165) is 36.8 Å². The number of methoxy groups -OCH3 is 1. The molecule has 1 saturated carbocycles. The van der Waals surface area contributed by atoms with E-state index in [-0.39, 0.29) is 11.8 Å². The van der Waals surface area contributed by atoms with Crippen LogP contribution in [0.1, 0.15) is 64.8 Å². The highest BCUT2D eigenvalue weighted by Crippen LogP contribution is 2.32. The molecule has 34 heavy (non-hydrogen) atoms. The van der Waals surface area contributed by atoms with Crippen LogP contribution in [0.2, 0.25) is 0 Å². The third-order valence-corrected chi connectivity index (χ3v) is 5.98. The number of pyridine rings is 1. The van der Waals surface area contributed by atoms with Crippen molar-refractivity contribution in [2.75, 3.05) is 12.4 Å². The first-order valence-electron chi connectivity index (χ1n) is 11.8. The van der Waals surface area contributed by atoms with Crippen molar-refractivity contribution < 1.29 is 23.6 Å². The first-order valence-corrected chi connectivity index (χ1v) is 11.8. The maximum Gasteiger partial charge on any atom is 0.408 e. The summed E-state index contributed by atoms with van der Waals surface area (Å²) in [5.41, 5.74) is 1.85. The molecule has 9 heteroatoms. The normalized spacial score (nSPS) is 19.4. The van der Waals surface area contributed by atoms with Crippen molar-refractivity contribution in [3.8, 4) is 11.1 Å². The summed E-state index contributed by atoms with van der Waals surface area (Å²) in [5.74, 6) is 1.25. The average molecular weight is 473 g/mol. The third-order valence-electron chi connectivity index (χ3n) is 5.98. The molecule has 2 amide bonds. The fraction of sp³-hybridized carbons (Fsp3) is 0.600. The second-order valence-corrected chi connectivity index (χ2v) is 10.1. The van der Waals surface area contributed by atoms with E-state index in [9.17, 15) is 9.59 Å². The number of ether oxygens (including phenoxy) is 2. The molecule has 1 atom stereocenters. The van der Waals surface area contributed by atoms with Crippen molar-refractivity contribution in [1.29, 1.82) is 0 Å². The minimum atomic E-state index is -0.884. The molecule has 2 aromatic heterocycles. The Kier molecular flexibility index (Phi) is 8.30. The predicted octanol–water partition coefficient (Wildman–Crippen LogP) is 4.85. The molecule has 2 N–H and O–H groups in total. The van der Waals surface area contributed by atoms with E-state index < -0.39 is 17.7 Å². The number of anilines is 1. The zero-order valence-electron chi connectivity index (χ0n) is 20.9. The maximum absolute atomic E-state index is 13.2. The van der Waals surface area contributed by atoms with Gasteiger partial charge >= 0.3 is 6.09 Å². The summed E-state index contributed by atoms with van der Waals surface area (Å²) in [6.07, 6.45) is 3.86. The molecule has 2 heterocycles. The average Bonchev–Trinajstić information content (AvgIpc) is 3.12. The van der Waals surface area contributed by atoms with Crippen molar-refractivity contribution in [2.45, 2.75) is 78.6 Å². The van der Waals surface area contributed by atoms with Crippen molar-refractivity contribution in [2.24, 2.45) is 11.8 Å². The Labute approximate surface area is 201 Å². The Hall–Kier alpha value is -2.94. The molecule has 0 bridgehead atoms. The molecule has 0 aromatic carbocycles. The Morgan fingerprint density at radius 1 is 1.21 bits per heavy atom. The predicted molar refractivity (Wildman–Crippen MR) is 128 cm³/mol. The monoisotopic (exact) mass is 472 g/mol. The van der Waals surface area contributed by atoms with Crippen LogP contribution >= 0.6 is 0 Å². The maximum atomic E-state index is 13.2. The second-order valence-electron chi connectivity index (χ2n) is 10.1. The molecule has 0 radical (unpaired) electrons. The van der Waals surface area contributed by atoms with Gasteiger partial charge in [-0.1, -0.05) is 24.9 Å². The van der Waals surface area contributed by atoms with Crippen LogP contribution < -0.4 is 10.6 Å². The lowest BCUT2D eigenvalue weighted by Crippen LogP contribution is -2.47. The van der Waals surface area contributed by atoms with Gasteiger partial charge in [-0.3, -0.25) is 4.79 Å². The molecule has 1 unspecified atom stereocenters. The highest BCUT2D eigenvalue weighted by Gasteiger charge is 2.35. The number of nitrogens with zero attached hydrogens (tertiary/aromatic N) is 2. The second kappa shape index (κ2) is 11.0. The molecule has 1 aliphatic rings. The fourth-order valence-corrected chi connectivity index (χ4v) is 4.24. The highest BCUT2D eigenvalue weighted by molar-refractivity contribution is 5.95. The molecule has 2 aromatic rings. The first-order chi connectivity index (χ1) is 16.1. The lowest BCUT2D eigenvalue weighted by Gasteiger charge is -2.32. The van der Waals surface area contributed by atoms with Crippen molar-refractivity contribution >= 4 is 17.8 Å². The van der Waals surface area contributed by atoms with Gasteiger partial charge in [0.05, 0.1) is 12.2 Å². The molecule has 0 spiro atoms. The number of aromatic nitrogens is 2. The van der Waals surface area contributed by atoms with E-state index in [0.29, 0.717) is 29.8 Å². The van der Waals surface area contributed by atoms with Gasteiger partial charge < -0.3 is 24.6 Å². The summed E-state index contributed by atoms with van der Waals surface area (Å²) in [4.78, 5) is 30.1. The van der Waals surface area contributed by atoms with Gasteiger partial charge in [0, 0.05) is 30.3 Å². The number of hydrogen-bond acceptors (Lipinski definition) is 7. The van der Waals surface area contributed by atoms with Crippen LogP contribution in [0, 0.1) is 18.8 Å². The standard InChI is InChI=1S/C25H36N4O5/c1-15-7-9-17(10-8-15)22(33-24(31)28-25(3,4)5)23(30)27-20-12-11-18(13-26-20)21-16(2)34-29-19(21)14-32-6/h11-13,15,17,22H,7-10,14H2,1-6H3,(H,28,31)(H,26,27,30). The minimum Gasteiger partial charge on any atom is -0.436 e. The number of amides is 2. The smallest absolute Gasteiger partial charge is 0.408 e. The molecule has 0 aliphatic heterocycles. The fourth-order valence-electron chi connectivity index (χ4n) is 4.24. The van der Waals surface area contributed by atoms with E-state index in [2.05, 4.69) is 27.7 Å². The summed E-state index contributed by atoms with van der Waals surface area (Å²) in [6.45, 7) is 9.96. The van der Waals surface area contributed by atoms with Gasteiger partial charge in [0.2, 0.25) is 0 Å². The van der Waals surface area contributed by atoms with E-state index in [1.54, 1.807) is 19.4 Å². The molecular weight excluding hydrogens is 436 g/mol. The number of rotatable bonds is 7. The number of carbonyl (C=O) groups excluding carboxylic acids is 2. The van der Waals surface area contributed by atoms with Crippen molar-refractivity contribution in [1.82, 2.24) is 15.5 Å². The summed E-state index contributed by atoms with van der Waals surface area (Å²) in [5, 5.41) is 9.64. The number of aryl methyl sites for hydroxylation is 1. The topological polar surface area (TPSA) is 116 Å². The summed E-state index contributed by atoms with van der Waals surface area (Å²) in [6, 6.07) is 3.55. The van der Waals surface area contributed by atoms with E-state index in [4.69, 9.17) is 14.0 Å². The van der Waals surface area contributed by atoms with Crippen molar-refractivity contribution in [3.05, 3.63) is 29.8 Å². The molecule has 3 rings (SSSR count). The van der Waals surface area contributed by atoms with Crippen LogP contribution in [0.4, 0.5) is 10.6 Å². The Morgan fingerprint density at radius 3 is 2.50 bits per heavy atom. The first kappa shape index (κ1) is 25.7. The van der Waals surface area contributed by atoms with Gasteiger partial charge in [0.1, 0.15) is 17.3 Å². The summed E-state index contributed by atoms with van der Waals surface area (Å²) in [7, 11) is 1.60. The molecule has 0 saturated heterocycles. The van der Waals surface area contributed by atoms with E-state index >= 15 is 0 Å².